The van der Waals surface area contributed by atoms with E-state index >= 15 is 0 Å². The second-order valence-electron chi connectivity index (χ2n) is 3.31. The summed E-state index contributed by atoms with van der Waals surface area (Å²) in [6.07, 6.45) is -1.31. The Balaban J connectivity index is 2.85. The Kier molecular flexibility index (Phi) is 4.86. The van der Waals surface area contributed by atoms with Gasteiger partial charge in [0.2, 0.25) is 0 Å². The molecule has 0 aliphatic heterocycles. The molecular formula is C10H13BrClNO2. The normalized spacial score (nSPS) is 14.9. The van der Waals surface area contributed by atoms with Gasteiger partial charge in [-0.25, -0.2) is 0 Å². The lowest BCUT2D eigenvalue weighted by Gasteiger charge is -2.17. The molecule has 0 fully saturated rings. The molecule has 2 atom stereocenters. The Hall–Kier alpha value is -0.290. The lowest BCUT2D eigenvalue weighted by Crippen LogP contribution is -2.18. The molecule has 0 spiro atoms. The Morgan fingerprint density at radius 1 is 1.33 bits per heavy atom. The molecule has 0 amide bonds. The van der Waals surface area contributed by atoms with E-state index in [2.05, 4.69) is 15.9 Å². The predicted molar refractivity (Wildman–Crippen MR) is 65.2 cm³/mol. The van der Waals surface area contributed by atoms with Crippen molar-refractivity contribution in [1.29, 1.82) is 0 Å². The van der Waals surface area contributed by atoms with Gasteiger partial charge in [0.15, 0.2) is 0 Å². The van der Waals surface area contributed by atoms with Crippen molar-refractivity contribution >= 4 is 33.2 Å². The maximum atomic E-state index is 9.78. The highest BCUT2D eigenvalue weighted by Crippen LogP contribution is 2.25. The summed E-state index contributed by atoms with van der Waals surface area (Å²) < 4.78 is 0. The SMILES string of the molecule is Nc1cc(Cl)cc(C(O)C(O)CCBr)c1. The average molecular weight is 295 g/mol. The van der Waals surface area contributed by atoms with Crippen LogP contribution in [0.1, 0.15) is 18.1 Å². The summed E-state index contributed by atoms with van der Waals surface area (Å²) in [6.45, 7) is 0. The molecule has 1 rings (SSSR count). The molecule has 1 aromatic carbocycles. The van der Waals surface area contributed by atoms with E-state index in [1.54, 1.807) is 18.2 Å². The number of hydrogen-bond acceptors (Lipinski definition) is 3. The number of nitrogens with two attached hydrogens (primary N) is 1. The van der Waals surface area contributed by atoms with E-state index in [1.807, 2.05) is 0 Å². The van der Waals surface area contributed by atoms with Crippen molar-refractivity contribution in [2.45, 2.75) is 18.6 Å². The quantitative estimate of drug-likeness (QED) is 0.588. The van der Waals surface area contributed by atoms with E-state index in [4.69, 9.17) is 17.3 Å². The van der Waals surface area contributed by atoms with E-state index in [1.165, 1.54) is 0 Å². The van der Waals surface area contributed by atoms with Crippen molar-refractivity contribution in [1.82, 2.24) is 0 Å². The summed E-state index contributed by atoms with van der Waals surface area (Å²) in [7, 11) is 0. The fourth-order valence-electron chi connectivity index (χ4n) is 1.30. The van der Waals surface area contributed by atoms with Crippen LogP contribution >= 0.6 is 27.5 Å². The summed E-state index contributed by atoms with van der Waals surface area (Å²) in [5, 5.41) is 20.5. The number of alkyl halides is 1. The Bertz CT molecular complexity index is 315. The van der Waals surface area contributed by atoms with E-state index in [9.17, 15) is 10.2 Å². The summed E-state index contributed by atoms with van der Waals surface area (Å²) in [6, 6.07) is 4.79. The van der Waals surface area contributed by atoms with Crippen LogP contribution in [0.15, 0.2) is 18.2 Å². The molecule has 4 N–H and O–H groups in total. The number of benzene rings is 1. The van der Waals surface area contributed by atoms with Crippen LogP contribution in [0.5, 0.6) is 0 Å². The lowest BCUT2D eigenvalue weighted by atomic mass is 10.0. The summed E-state index contributed by atoms with van der Waals surface area (Å²) in [4.78, 5) is 0. The van der Waals surface area contributed by atoms with Gasteiger partial charge in [0, 0.05) is 16.0 Å². The minimum atomic E-state index is -0.955. The first-order valence-electron chi connectivity index (χ1n) is 4.52. The number of nitrogen functional groups attached to an aromatic ring is 1. The van der Waals surface area contributed by atoms with Gasteiger partial charge < -0.3 is 15.9 Å². The van der Waals surface area contributed by atoms with Gasteiger partial charge in [-0.1, -0.05) is 27.5 Å². The minimum absolute atomic E-state index is 0.454. The molecule has 0 aromatic heterocycles. The minimum Gasteiger partial charge on any atom is -0.399 e. The van der Waals surface area contributed by atoms with Crippen LogP contribution in [0.4, 0.5) is 5.69 Å². The topological polar surface area (TPSA) is 66.5 Å². The van der Waals surface area contributed by atoms with Crippen molar-refractivity contribution in [3.8, 4) is 0 Å². The Morgan fingerprint density at radius 2 is 2.00 bits per heavy atom. The van der Waals surface area contributed by atoms with Gasteiger partial charge in [0.25, 0.3) is 0 Å². The predicted octanol–water partition coefficient (Wildman–Crippen LogP) is 2.10. The molecule has 0 saturated carbocycles. The molecule has 0 aliphatic carbocycles. The van der Waals surface area contributed by atoms with Crippen LogP contribution in [-0.4, -0.2) is 21.6 Å². The van der Waals surface area contributed by atoms with Crippen molar-refractivity contribution in [2.75, 3.05) is 11.1 Å². The number of aliphatic hydroxyl groups is 2. The second kappa shape index (κ2) is 5.70. The third-order valence-electron chi connectivity index (χ3n) is 2.05. The van der Waals surface area contributed by atoms with Crippen LogP contribution in [0, 0.1) is 0 Å². The maximum Gasteiger partial charge on any atom is 0.105 e. The van der Waals surface area contributed by atoms with Crippen LogP contribution < -0.4 is 5.73 Å². The van der Waals surface area contributed by atoms with Crippen LogP contribution in [0.2, 0.25) is 5.02 Å². The van der Waals surface area contributed by atoms with Crippen molar-refractivity contribution < 1.29 is 10.2 Å². The zero-order valence-corrected chi connectivity index (χ0v) is 10.4. The van der Waals surface area contributed by atoms with Gasteiger partial charge >= 0.3 is 0 Å². The molecule has 84 valence electrons. The van der Waals surface area contributed by atoms with Gasteiger partial charge in [-0.05, 0) is 30.2 Å². The fourth-order valence-corrected chi connectivity index (χ4v) is 2.02. The Morgan fingerprint density at radius 3 is 2.53 bits per heavy atom. The molecule has 3 nitrogen and oxygen atoms in total. The van der Waals surface area contributed by atoms with E-state index in [-0.39, 0.29) is 0 Å². The zero-order chi connectivity index (χ0) is 11.4. The molecule has 0 bridgehead atoms. The van der Waals surface area contributed by atoms with E-state index in [0.717, 1.165) is 0 Å². The number of rotatable bonds is 4. The zero-order valence-electron chi connectivity index (χ0n) is 8.03. The molecule has 1 aromatic rings. The molecule has 2 unspecified atom stereocenters. The number of anilines is 1. The third kappa shape index (κ3) is 3.65. The first-order valence-corrected chi connectivity index (χ1v) is 6.02. The van der Waals surface area contributed by atoms with Gasteiger partial charge in [-0.15, -0.1) is 0 Å². The molecule has 5 heteroatoms. The van der Waals surface area contributed by atoms with Gasteiger partial charge in [0.1, 0.15) is 6.10 Å². The summed E-state index contributed by atoms with van der Waals surface area (Å²) >= 11 is 8.99. The molecule has 0 radical (unpaired) electrons. The second-order valence-corrected chi connectivity index (χ2v) is 4.54. The smallest absolute Gasteiger partial charge is 0.105 e. The van der Waals surface area contributed by atoms with Gasteiger partial charge in [-0.3, -0.25) is 0 Å². The van der Waals surface area contributed by atoms with E-state index < -0.39 is 12.2 Å². The molecule has 15 heavy (non-hydrogen) atoms. The highest BCUT2D eigenvalue weighted by atomic mass is 79.9. The van der Waals surface area contributed by atoms with Crippen molar-refractivity contribution in [3.63, 3.8) is 0 Å². The van der Waals surface area contributed by atoms with Gasteiger partial charge in [0.05, 0.1) is 6.10 Å². The fraction of sp³-hybridized carbons (Fsp3) is 0.400. The Labute approximate surface area is 102 Å². The first kappa shape index (κ1) is 12.8. The molecule has 0 saturated heterocycles. The molecule has 0 aliphatic rings. The number of hydrogen-bond donors (Lipinski definition) is 3. The van der Waals surface area contributed by atoms with Crippen LogP contribution in [0.3, 0.4) is 0 Å². The number of halogens is 2. The molecular weight excluding hydrogens is 281 g/mol. The van der Waals surface area contributed by atoms with E-state index in [0.29, 0.717) is 28.0 Å². The standard InChI is InChI=1S/C10H13BrClNO2/c11-2-1-9(14)10(15)6-3-7(12)5-8(13)4-6/h3-5,9-10,14-15H,1-2,13H2. The van der Waals surface area contributed by atoms with Gasteiger partial charge in [-0.2, -0.15) is 0 Å². The monoisotopic (exact) mass is 293 g/mol. The highest BCUT2D eigenvalue weighted by Gasteiger charge is 2.18. The van der Waals surface area contributed by atoms with Crippen LogP contribution in [-0.2, 0) is 0 Å². The lowest BCUT2D eigenvalue weighted by molar-refractivity contribution is 0.0174. The average Bonchev–Trinajstić information content (AvgIpc) is 2.15. The van der Waals surface area contributed by atoms with Crippen LogP contribution in [0.25, 0.3) is 0 Å². The van der Waals surface area contributed by atoms with Crippen molar-refractivity contribution in [3.05, 3.63) is 28.8 Å². The summed E-state index contributed by atoms with van der Waals surface area (Å²) in [5.41, 5.74) is 6.60. The number of aliphatic hydroxyl groups excluding tert-OH is 2. The first-order chi connectivity index (χ1) is 7.04. The molecule has 0 heterocycles. The highest BCUT2D eigenvalue weighted by molar-refractivity contribution is 9.09. The largest absolute Gasteiger partial charge is 0.399 e. The van der Waals surface area contributed by atoms with Crippen molar-refractivity contribution in [2.24, 2.45) is 0 Å². The maximum absolute atomic E-state index is 9.78. The third-order valence-corrected chi connectivity index (χ3v) is 2.73. The summed E-state index contributed by atoms with van der Waals surface area (Å²) in [5.74, 6) is 0.